The fourth-order valence-corrected chi connectivity index (χ4v) is 4.87. The van der Waals surface area contributed by atoms with E-state index in [0.717, 1.165) is 28.6 Å². The molecule has 1 aliphatic rings. The normalized spacial score (nSPS) is 20.2. The van der Waals surface area contributed by atoms with Crippen LogP contribution in [0.3, 0.4) is 0 Å². The van der Waals surface area contributed by atoms with Crippen molar-refractivity contribution in [3.63, 3.8) is 0 Å². The van der Waals surface area contributed by atoms with Crippen molar-refractivity contribution in [2.24, 2.45) is 5.92 Å². The standard InChI is InChI=1S/C20H27NO3S/c1-14-5-6-15(2)20(11-14)25(22,23)10-9-21(4)13-17-7-8-19(24-17)18-12-16(18)3/h5-8,11,16,18H,9-10,12-13H2,1-4H3/t16-,18+/m0/s1. The van der Waals surface area contributed by atoms with Gasteiger partial charge in [-0.3, -0.25) is 4.90 Å². The Bertz CT molecular complexity index is 854. The molecule has 1 aromatic heterocycles. The Balaban J connectivity index is 1.58. The van der Waals surface area contributed by atoms with Crippen LogP contribution in [0.2, 0.25) is 0 Å². The highest BCUT2D eigenvalue weighted by atomic mass is 32.2. The minimum absolute atomic E-state index is 0.112. The van der Waals surface area contributed by atoms with E-state index in [1.807, 2.05) is 44.0 Å². The minimum atomic E-state index is -3.28. The third-order valence-corrected chi connectivity index (χ3v) is 6.83. The summed E-state index contributed by atoms with van der Waals surface area (Å²) in [6, 6.07) is 9.64. The van der Waals surface area contributed by atoms with Gasteiger partial charge < -0.3 is 4.42 Å². The molecule has 3 rings (SSSR count). The lowest BCUT2D eigenvalue weighted by Crippen LogP contribution is -2.25. The summed E-state index contributed by atoms with van der Waals surface area (Å²) < 4.78 is 31.2. The molecule has 0 N–H and O–H groups in total. The van der Waals surface area contributed by atoms with Crippen LogP contribution in [0, 0.1) is 19.8 Å². The van der Waals surface area contributed by atoms with Crippen LogP contribution < -0.4 is 0 Å². The molecule has 1 fully saturated rings. The predicted molar refractivity (Wildman–Crippen MR) is 99.5 cm³/mol. The number of rotatable bonds is 7. The van der Waals surface area contributed by atoms with Crippen molar-refractivity contribution in [1.29, 1.82) is 0 Å². The topological polar surface area (TPSA) is 50.5 Å². The second-order valence-corrected chi connectivity index (χ2v) is 9.53. The summed E-state index contributed by atoms with van der Waals surface area (Å²) in [5, 5.41) is 0. The van der Waals surface area contributed by atoms with E-state index in [0.29, 0.717) is 23.9 Å². The molecule has 0 saturated heterocycles. The zero-order valence-corrected chi connectivity index (χ0v) is 16.3. The number of nitrogens with zero attached hydrogens (tertiary/aromatic N) is 1. The minimum Gasteiger partial charge on any atom is -0.464 e. The Labute approximate surface area is 150 Å². The molecule has 2 atom stereocenters. The maximum Gasteiger partial charge on any atom is 0.179 e. The molecule has 0 amide bonds. The van der Waals surface area contributed by atoms with Crippen LogP contribution in [0.5, 0.6) is 0 Å². The molecule has 1 saturated carbocycles. The Morgan fingerprint density at radius 3 is 2.60 bits per heavy atom. The average Bonchev–Trinajstić information content (AvgIpc) is 3.10. The Kier molecular flexibility index (Phi) is 5.07. The van der Waals surface area contributed by atoms with Gasteiger partial charge in [-0.05, 0) is 62.6 Å². The van der Waals surface area contributed by atoms with Gasteiger partial charge in [-0.25, -0.2) is 8.42 Å². The smallest absolute Gasteiger partial charge is 0.179 e. The number of hydrogen-bond donors (Lipinski definition) is 0. The summed E-state index contributed by atoms with van der Waals surface area (Å²) >= 11 is 0. The first-order valence-electron chi connectivity index (χ1n) is 8.83. The number of sulfone groups is 1. The molecule has 0 aliphatic heterocycles. The third kappa shape index (κ3) is 4.33. The Morgan fingerprint density at radius 1 is 1.20 bits per heavy atom. The van der Waals surface area contributed by atoms with Crippen molar-refractivity contribution in [1.82, 2.24) is 4.90 Å². The van der Waals surface area contributed by atoms with E-state index in [2.05, 4.69) is 13.0 Å². The summed E-state index contributed by atoms with van der Waals surface area (Å²) in [5.41, 5.74) is 1.78. The Hall–Kier alpha value is -1.59. The molecule has 5 heteroatoms. The van der Waals surface area contributed by atoms with Gasteiger partial charge in [0.05, 0.1) is 17.2 Å². The van der Waals surface area contributed by atoms with Crippen molar-refractivity contribution >= 4 is 9.84 Å². The predicted octanol–water partition coefficient (Wildman–Crippen LogP) is 3.93. The maximum absolute atomic E-state index is 12.6. The molecule has 1 heterocycles. The van der Waals surface area contributed by atoms with Gasteiger partial charge in [0.25, 0.3) is 0 Å². The number of furan rings is 1. The van der Waals surface area contributed by atoms with E-state index in [-0.39, 0.29) is 5.75 Å². The van der Waals surface area contributed by atoms with Crippen LogP contribution >= 0.6 is 0 Å². The first kappa shape index (κ1) is 18.2. The van der Waals surface area contributed by atoms with Gasteiger partial charge in [0.2, 0.25) is 0 Å². The molecule has 0 spiro atoms. The molecule has 2 aromatic rings. The van der Waals surface area contributed by atoms with E-state index < -0.39 is 9.84 Å². The lowest BCUT2D eigenvalue weighted by Gasteiger charge is -2.16. The second-order valence-electron chi connectivity index (χ2n) is 7.45. The monoisotopic (exact) mass is 361 g/mol. The van der Waals surface area contributed by atoms with E-state index in [1.54, 1.807) is 6.07 Å². The van der Waals surface area contributed by atoms with Gasteiger partial charge in [0.15, 0.2) is 9.84 Å². The van der Waals surface area contributed by atoms with Crippen molar-refractivity contribution in [3.8, 4) is 0 Å². The summed E-state index contributed by atoms with van der Waals surface area (Å²) in [4.78, 5) is 2.45. The Morgan fingerprint density at radius 2 is 1.92 bits per heavy atom. The highest BCUT2D eigenvalue weighted by Crippen LogP contribution is 2.47. The van der Waals surface area contributed by atoms with Crippen molar-refractivity contribution in [2.45, 2.75) is 44.6 Å². The zero-order valence-electron chi connectivity index (χ0n) is 15.5. The van der Waals surface area contributed by atoms with Gasteiger partial charge in [-0.15, -0.1) is 0 Å². The van der Waals surface area contributed by atoms with Gasteiger partial charge in [-0.2, -0.15) is 0 Å². The summed E-state index contributed by atoms with van der Waals surface area (Å²) in [7, 11) is -1.35. The summed E-state index contributed by atoms with van der Waals surface area (Å²) in [6.07, 6.45) is 1.21. The lowest BCUT2D eigenvalue weighted by molar-refractivity contribution is 0.304. The van der Waals surface area contributed by atoms with Crippen LogP contribution in [-0.2, 0) is 16.4 Å². The molecule has 25 heavy (non-hydrogen) atoms. The molecular formula is C20H27NO3S. The number of aryl methyl sites for hydroxylation is 2. The van der Waals surface area contributed by atoms with Gasteiger partial charge >= 0.3 is 0 Å². The van der Waals surface area contributed by atoms with Crippen LogP contribution in [0.25, 0.3) is 0 Å². The van der Waals surface area contributed by atoms with E-state index >= 15 is 0 Å². The molecule has 0 bridgehead atoms. The van der Waals surface area contributed by atoms with Gasteiger partial charge in [0, 0.05) is 12.5 Å². The van der Waals surface area contributed by atoms with Crippen molar-refractivity contribution < 1.29 is 12.8 Å². The largest absolute Gasteiger partial charge is 0.464 e. The molecular weight excluding hydrogens is 334 g/mol. The van der Waals surface area contributed by atoms with Gasteiger partial charge in [-0.1, -0.05) is 19.1 Å². The third-order valence-electron chi connectivity index (χ3n) is 5.00. The first-order chi connectivity index (χ1) is 11.8. The average molecular weight is 362 g/mol. The zero-order chi connectivity index (χ0) is 18.2. The molecule has 1 aliphatic carbocycles. The highest BCUT2D eigenvalue weighted by molar-refractivity contribution is 7.91. The molecule has 4 nitrogen and oxygen atoms in total. The van der Waals surface area contributed by atoms with Crippen molar-refractivity contribution in [3.05, 3.63) is 53.0 Å². The number of benzene rings is 1. The van der Waals surface area contributed by atoms with Crippen LogP contribution in [0.4, 0.5) is 0 Å². The van der Waals surface area contributed by atoms with E-state index in [4.69, 9.17) is 4.42 Å². The SMILES string of the molecule is Cc1ccc(C)c(S(=O)(=O)CCN(C)Cc2ccc([C@@H]3C[C@@H]3C)o2)c1. The molecule has 0 unspecified atom stereocenters. The fraction of sp³-hybridized carbons (Fsp3) is 0.500. The first-order valence-corrected chi connectivity index (χ1v) is 10.5. The molecule has 136 valence electrons. The second kappa shape index (κ2) is 6.96. The van der Waals surface area contributed by atoms with E-state index in [1.165, 1.54) is 6.42 Å². The lowest BCUT2D eigenvalue weighted by atomic mass is 10.2. The van der Waals surface area contributed by atoms with Crippen molar-refractivity contribution in [2.75, 3.05) is 19.3 Å². The van der Waals surface area contributed by atoms with E-state index in [9.17, 15) is 8.42 Å². The molecule has 0 radical (unpaired) electrons. The van der Waals surface area contributed by atoms with Crippen LogP contribution in [-0.4, -0.2) is 32.7 Å². The highest BCUT2D eigenvalue weighted by Gasteiger charge is 2.36. The quantitative estimate of drug-likeness (QED) is 0.750. The maximum atomic E-state index is 12.6. The number of hydrogen-bond acceptors (Lipinski definition) is 4. The van der Waals surface area contributed by atoms with Crippen LogP contribution in [0.1, 0.15) is 41.9 Å². The van der Waals surface area contributed by atoms with Crippen LogP contribution in [0.15, 0.2) is 39.6 Å². The van der Waals surface area contributed by atoms with Gasteiger partial charge in [0.1, 0.15) is 11.5 Å². The summed E-state index contributed by atoms with van der Waals surface area (Å²) in [6.45, 7) is 7.10. The summed E-state index contributed by atoms with van der Waals surface area (Å²) in [5.74, 6) is 3.38. The molecule has 1 aromatic carbocycles. The fourth-order valence-electron chi connectivity index (χ4n) is 3.17.